The van der Waals surface area contributed by atoms with Gasteiger partial charge in [-0.25, -0.2) is 0 Å². The van der Waals surface area contributed by atoms with Crippen LogP contribution in [0.2, 0.25) is 0 Å². The van der Waals surface area contributed by atoms with Gasteiger partial charge in [0.15, 0.2) is 0 Å². The van der Waals surface area contributed by atoms with Crippen molar-refractivity contribution in [3.8, 4) is 0 Å². The number of benzene rings is 1. The fourth-order valence-corrected chi connectivity index (χ4v) is 1.95. The van der Waals surface area contributed by atoms with Gasteiger partial charge in [-0.3, -0.25) is 19.8 Å². The molecule has 0 aromatic heterocycles. The predicted molar refractivity (Wildman–Crippen MR) is 67.6 cm³/mol. The number of nitrogens with zero attached hydrogens (tertiary/aromatic N) is 1. The normalized spacial score (nSPS) is 14.3. The van der Waals surface area contributed by atoms with Gasteiger partial charge in [0, 0.05) is 15.7 Å². The highest BCUT2D eigenvalue weighted by atomic mass is 127. The number of carbonyl (C=O) groups excluding carboxylic acids is 3. The molecular weight excluding hydrogens is 335 g/mol. The molecule has 0 bridgehead atoms. The molecule has 0 unspecified atom stereocenters. The molecule has 1 N–H and O–H groups in total. The molecule has 5 nitrogen and oxygen atoms in total. The summed E-state index contributed by atoms with van der Waals surface area (Å²) < 4.78 is 0.745. The van der Waals surface area contributed by atoms with Gasteiger partial charge in [-0.2, -0.15) is 5.01 Å². The second-order valence-corrected chi connectivity index (χ2v) is 4.43. The Morgan fingerprint density at radius 1 is 1.12 bits per heavy atom. The second-order valence-electron chi connectivity index (χ2n) is 3.27. The number of carbonyl (C=O) groups is 3. The van der Waals surface area contributed by atoms with Crippen molar-refractivity contribution in [3.63, 3.8) is 0 Å². The average molecular weight is 342 g/mol. The summed E-state index contributed by atoms with van der Waals surface area (Å²) in [5.41, 5.74) is 2.68. The fourth-order valence-electron chi connectivity index (χ4n) is 1.32. The SMILES string of the molecule is O=C(NN1C(=O)C=CC1=O)c1ccccc1I. The van der Waals surface area contributed by atoms with E-state index >= 15 is 0 Å². The first-order valence-electron chi connectivity index (χ1n) is 4.71. The minimum atomic E-state index is -0.547. The number of halogens is 1. The first-order chi connectivity index (χ1) is 8.09. The van der Waals surface area contributed by atoms with Gasteiger partial charge in [-0.1, -0.05) is 12.1 Å². The van der Waals surface area contributed by atoms with Crippen LogP contribution < -0.4 is 5.43 Å². The molecule has 3 amide bonds. The molecule has 0 saturated carbocycles. The summed E-state index contributed by atoms with van der Waals surface area (Å²) in [6, 6.07) is 6.89. The maximum Gasteiger partial charge on any atom is 0.272 e. The molecular formula is C11H7IN2O3. The summed E-state index contributed by atoms with van der Waals surface area (Å²) in [6.45, 7) is 0. The van der Waals surface area contributed by atoms with Gasteiger partial charge in [-0.15, -0.1) is 0 Å². The first-order valence-corrected chi connectivity index (χ1v) is 5.79. The highest BCUT2D eigenvalue weighted by Crippen LogP contribution is 2.11. The van der Waals surface area contributed by atoms with Gasteiger partial charge in [-0.05, 0) is 34.7 Å². The van der Waals surface area contributed by atoms with E-state index in [9.17, 15) is 14.4 Å². The number of nitrogens with one attached hydrogen (secondary N) is 1. The molecule has 0 atom stereocenters. The van der Waals surface area contributed by atoms with E-state index in [2.05, 4.69) is 5.43 Å². The van der Waals surface area contributed by atoms with E-state index in [1.807, 2.05) is 22.6 Å². The van der Waals surface area contributed by atoms with Gasteiger partial charge >= 0.3 is 0 Å². The lowest BCUT2D eigenvalue weighted by Gasteiger charge is -2.15. The smallest absolute Gasteiger partial charge is 0.267 e. The Kier molecular flexibility index (Phi) is 3.23. The van der Waals surface area contributed by atoms with Crippen molar-refractivity contribution in [3.05, 3.63) is 45.6 Å². The highest BCUT2D eigenvalue weighted by Gasteiger charge is 2.26. The van der Waals surface area contributed by atoms with Crippen molar-refractivity contribution < 1.29 is 14.4 Å². The van der Waals surface area contributed by atoms with Crippen LogP contribution in [0.3, 0.4) is 0 Å². The van der Waals surface area contributed by atoms with Crippen molar-refractivity contribution in [1.82, 2.24) is 10.4 Å². The van der Waals surface area contributed by atoms with Crippen LogP contribution in [0.5, 0.6) is 0 Å². The van der Waals surface area contributed by atoms with E-state index in [0.717, 1.165) is 15.7 Å². The minimum absolute atomic E-state index is 0.417. The van der Waals surface area contributed by atoms with Crippen LogP contribution in [-0.2, 0) is 9.59 Å². The quantitative estimate of drug-likeness (QED) is 0.641. The monoisotopic (exact) mass is 342 g/mol. The maximum absolute atomic E-state index is 11.8. The second kappa shape index (κ2) is 4.66. The van der Waals surface area contributed by atoms with Crippen molar-refractivity contribution in [2.45, 2.75) is 0 Å². The maximum atomic E-state index is 11.8. The number of rotatable bonds is 2. The third kappa shape index (κ3) is 2.36. The Labute approximate surface area is 111 Å². The van der Waals surface area contributed by atoms with E-state index < -0.39 is 17.7 Å². The van der Waals surface area contributed by atoms with Crippen LogP contribution in [0.1, 0.15) is 10.4 Å². The van der Waals surface area contributed by atoms with Crippen LogP contribution in [0, 0.1) is 3.57 Å². The standard InChI is InChI=1S/C11H7IN2O3/c12-8-4-2-1-3-7(8)11(17)13-14-9(15)5-6-10(14)16/h1-6H,(H,13,17). The van der Waals surface area contributed by atoms with E-state index in [-0.39, 0.29) is 0 Å². The molecule has 1 aromatic rings. The molecule has 1 aliphatic heterocycles. The zero-order chi connectivity index (χ0) is 12.4. The lowest BCUT2D eigenvalue weighted by molar-refractivity contribution is -0.139. The summed E-state index contributed by atoms with van der Waals surface area (Å²) in [4.78, 5) is 34.3. The van der Waals surface area contributed by atoms with Crippen molar-refractivity contribution in [2.24, 2.45) is 0 Å². The van der Waals surface area contributed by atoms with Crippen LogP contribution in [-0.4, -0.2) is 22.7 Å². The molecule has 0 saturated heterocycles. The Hall–Kier alpha value is -1.70. The molecule has 0 radical (unpaired) electrons. The van der Waals surface area contributed by atoms with E-state index in [1.54, 1.807) is 24.3 Å². The lowest BCUT2D eigenvalue weighted by atomic mass is 10.2. The summed E-state index contributed by atoms with van der Waals surface area (Å²) >= 11 is 2.01. The molecule has 17 heavy (non-hydrogen) atoms. The minimum Gasteiger partial charge on any atom is -0.267 e. The van der Waals surface area contributed by atoms with Gasteiger partial charge in [0.2, 0.25) is 0 Å². The Morgan fingerprint density at radius 3 is 2.29 bits per heavy atom. The number of amides is 3. The zero-order valence-electron chi connectivity index (χ0n) is 8.51. The summed E-state index contributed by atoms with van der Waals surface area (Å²) in [5, 5.41) is 0.686. The van der Waals surface area contributed by atoms with Gasteiger partial charge < -0.3 is 0 Å². The third-order valence-corrected chi connectivity index (χ3v) is 3.08. The summed E-state index contributed by atoms with van der Waals surface area (Å²) in [7, 11) is 0. The fraction of sp³-hybridized carbons (Fsp3) is 0. The van der Waals surface area contributed by atoms with Gasteiger partial charge in [0.05, 0.1) is 5.56 Å². The first kappa shape index (κ1) is 11.8. The van der Waals surface area contributed by atoms with Crippen molar-refractivity contribution in [1.29, 1.82) is 0 Å². The molecule has 0 spiro atoms. The van der Waals surface area contributed by atoms with Gasteiger partial charge in [0.1, 0.15) is 0 Å². The van der Waals surface area contributed by atoms with Crippen molar-refractivity contribution in [2.75, 3.05) is 0 Å². The summed E-state index contributed by atoms with van der Waals surface area (Å²) in [5.74, 6) is -1.58. The Morgan fingerprint density at radius 2 is 1.71 bits per heavy atom. The number of hydrazine groups is 1. The number of hydrogen-bond acceptors (Lipinski definition) is 3. The molecule has 1 aliphatic rings. The van der Waals surface area contributed by atoms with Crippen LogP contribution in [0.25, 0.3) is 0 Å². The average Bonchev–Trinajstić information content (AvgIpc) is 2.61. The van der Waals surface area contributed by atoms with Gasteiger partial charge in [0.25, 0.3) is 17.7 Å². The topological polar surface area (TPSA) is 66.5 Å². The van der Waals surface area contributed by atoms with E-state index in [1.165, 1.54) is 0 Å². The number of imide groups is 1. The van der Waals surface area contributed by atoms with E-state index in [4.69, 9.17) is 0 Å². The molecule has 6 heteroatoms. The summed E-state index contributed by atoms with van der Waals surface area (Å²) in [6.07, 6.45) is 2.22. The molecule has 86 valence electrons. The van der Waals surface area contributed by atoms with E-state index in [0.29, 0.717) is 10.6 Å². The third-order valence-electron chi connectivity index (χ3n) is 2.14. The molecule has 2 rings (SSSR count). The Balaban J connectivity index is 2.16. The predicted octanol–water partition coefficient (Wildman–Crippen LogP) is 0.861. The lowest BCUT2D eigenvalue weighted by Crippen LogP contribution is -2.46. The largest absolute Gasteiger partial charge is 0.272 e. The molecule has 1 heterocycles. The zero-order valence-corrected chi connectivity index (χ0v) is 10.7. The van der Waals surface area contributed by atoms with Crippen LogP contribution in [0.4, 0.5) is 0 Å². The molecule has 1 aromatic carbocycles. The van der Waals surface area contributed by atoms with Crippen LogP contribution >= 0.6 is 22.6 Å². The van der Waals surface area contributed by atoms with Crippen LogP contribution in [0.15, 0.2) is 36.4 Å². The molecule has 0 aliphatic carbocycles. The molecule has 0 fully saturated rings. The highest BCUT2D eigenvalue weighted by molar-refractivity contribution is 14.1. The van der Waals surface area contributed by atoms with Crippen molar-refractivity contribution >= 4 is 40.3 Å². The number of hydrogen-bond donors (Lipinski definition) is 1. The Bertz CT molecular complexity index is 521.